The van der Waals surface area contributed by atoms with Crippen LogP contribution in [0.4, 0.5) is 0 Å². The smallest absolute Gasteiger partial charge is 0.164 e. The van der Waals surface area contributed by atoms with E-state index >= 15 is 0 Å². The third-order valence-electron chi connectivity index (χ3n) is 10.2. The Bertz CT molecular complexity index is 3240. The Morgan fingerprint density at radius 1 is 0.286 bits per heavy atom. The summed E-state index contributed by atoms with van der Waals surface area (Å²) in [6.07, 6.45) is 0. The third kappa shape index (κ3) is 6.52. The van der Waals surface area contributed by atoms with Crippen molar-refractivity contribution in [3.8, 4) is 78.7 Å². The zero-order valence-electron chi connectivity index (χ0n) is 35.2. The van der Waals surface area contributed by atoms with E-state index in [1.165, 1.54) is 16.3 Å². The molecule has 0 spiro atoms. The van der Waals surface area contributed by atoms with E-state index in [4.69, 9.17) is 21.8 Å². The van der Waals surface area contributed by atoms with Gasteiger partial charge in [-0.1, -0.05) is 200 Å². The molecule has 0 saturated carbocycles. The van der Waals surface area contributed by atoms with Gasteiger partial charge < -0.3 is 0 Å². The number of rotatable bonds is 7. The minimum atomic E-state index is -0.422. The minimum Gasteiger partial charge on any atom is -0.208 e. The van der Waals surface area contributed by atoms with Crippen molar-refractivity contribution in [2.45, 2.75) is 0 Å². The molecule has 0 saturated heterocycles. The van der Waals surface area contributed by atoms with Gasteiger partial charge >= 0.3 is 0 Å². The van der Waals surface area contributed by atoms with Gasteiger partial charge in [0.1, 0.15) is 0 Å². The van der Waals surface area contributed by atoms with Crippen molar-refractivity contribution in [3.63, 3.8) is 0 Å². The number of fused-ring (bicyclic) bond motifs is 2. The first-order valence-corrected chi connectivity index (χ1v) is 18.5. The Kier molecular flexibility index (Phi) is 7.20. The summed E-state index contributed by atoms with van der Waals surface area (Å²) >= 11 is 0. The number of benzene rings is 9. The molecule has 0 amide bonds. The predicted octanol–water partition coefficient (Wildman–Crippen LogP) is 13.8. The predicted molar refractivity (Wildman–Crippen MR) is 233 cm³/mol. The van der Waals surface area contributed by atoms with Crippen molar-refractivity contribution in [1.82, 2.24) is 15.0 Å². The molecule has 1 aromatic heterocycles. The molecule has 56 heavy (non-hydrogen) atoms. The Hall–Kier alpha value is -7.49. The summed E-state index contributed by atoms with van der Waals surface area (Å²) in [7, 11) is 0. The number of hydrogen-bond donors (Lipinski definition) is 0. The van der Waals surface area contributed by atoms with E-state index in [1.807, 2.05) is 48.5 Å². The van der Waals surface area contributed by atoms with E-state index in [0.29, 0.717) is 28.6 Å². The molecular weight excluding hydrogens is 679 g/mol. The highest BCUT2D eigenvalue weighted by Crippen LogP contribution is 2.33. The lowest BCUT2D eigenvalue weighted by atomic mass is 9.96. The van der Waals surface area contributed by atoms with Crippen LogP contribution in [-0.4, -0.2) is 15.0 Å². The molecule has 10 aromatic rings. The number of hydrogen-bond acceptors (Lipinski definition) is 3. The maximum atomic E-state index is 8.49. The molecule has 0 unspecified atom stereocenters. The molecule has 0 aliphatic rings. The highest BCUT2D eigenvalue weighted by molar-refractivity contribution is 5.97. The van der Waals surface area contributed by atoms with Crippen molar-refractivity contribution >= 4 is 21.5 Å². The third-order valence-corrected chi connectivity index (χ3v) is 10.2. The Morgan fingerprint density at radius 2 is 0.732 bits per heavy atom. The van der Waals surface area contributed by atoms with Crippen LogP contribution in [0.5, 0.6) is 0 Å². The summed E-state index contributed by atoms with van der Waals surface area (Å²) in [4.78, 5) is 15.0. The molecule has 1 heterocycles. The largest absolute Gasteiger partial charge is 0.208 e. The fourth-order valence-corrected chi connectivity index (χ4v) is 7.27. The van der Waals surface area contributed by atoms with Crippen molar-refractivity contribution in [3.05, 3.63) is 212 Å². The fraction of sp³-hybridized carbons (Fsp3) is 0. The Morgan fingerprint density at radius 3 is 1.38 bits per heavy atom. The van der Waals surface area contributed by atoms with Gasteiger partial charge in [0.05, 0.1) is 6.85 Å². The van der Waals surface area contributed by atoms with Crippen LogP contribution in [0.25, 0.3) is 100 Å². The highest BCUT2D eigenvalue weighted by atomic mass is 15.0. The highest BCUT2D eigenvalue weighted by Gasteiger charge is 2.14. The second-order valence-corrected chi connectivity index (χ2v) is 13.7. The first-order valence-electron chi connectivity index (χ1n) is 21.0. The first-order chi connectivity index (χ1) is 29.8. The molecule has 3 heteroatoms. The molecule has 262 valence electrons. The number of aromatic nitrogens is 3. The van der Waals surface area contributed by atoms with Crippen LogP contribution in [0.3, 0.4) is 0 Å². The average Bonchev–Trinajstić information content (AvgIpc) is 3.32. The zero-order valence-corrected chi connectivity index (χ0v) is 30.2. The van der Waals surface area contributed by atoms with Gasteiger partial charge in [-0.15, -0.1) is 0 Å². The van der Waals surface area contributed by atoms with Crippen molar-refractivity contribution in [1.29, 1.82) is 0 Å². The van der Waals surface area contributed by atoms with E-state index in [2.05, 4.69) is 121 Å². The molecule has 9 aromatic carbocycles. The second kappa shape index (κ2) is 14.4. The molecule has 0 fully saturated rings. The van der Waals surface area contributed by atoms with Gasteiger partial charge in [0, 0.05) is 16.7 Å². The summed E-state index contributed by atoms with van der Waals surface area (Å²) in [6.45, 7) is 0. The van der Waals surface area contributed by atoms with Crippen LogP contribution in [0, 0.1) is 0 Å². The maximum Gasteiger partial charge on any atom is 0.164 e. The topological polar surface area (TPSA) is 38.7 Å². The molecular formula is C53H35N3. The summed E-state index contributed by atoms with van der Waals surface area (Å²) in [5.41, 5.74) is 9.82. The van der Waals surface area contributed by atoms with Crippen LogP contribution in [-0.2, 0) is 0 Å². The fourth-order valence-electron chi connectivity index (χ4n) is 7.27. The number of nitrogens with zero attached hydrogens (tertiary/aromatic N) is 3. The van der Waals surface area contributed by atoms with Gasteiger partial charge in [0.2, 0.25) is 0 Å². The van der Waals surface area contributed by atoms with Crippen LogP contribution >= 0.6 is 0 Å². The Labute approximate surface area is 333 Å². The van der Waals surface area contributed by atoms with Gasteiger partial charge in [-0.3, -0.25) is 0 Å². The quantitative estimate of drug-likeness (QED) is 0.165. The summed E-state index contributed by atoms with van der Waals surface area (Å²) < 4.78 is 41.3. The van der Waals surface area contributed by atoms with Gasteiger partial charge in [-0.25, -0.2) is 15.0 Å². The first kappa shape index (κ1) is 28.0. The SMILES string of the molecule is [2H]c1c([2H])c([2H])c(-c2ccc(-c3nc(-c4ccc(-c5ccc(-c6cccc7ccccc67)cc5)cc4)nc(-c4ccc5cc(-c6ccccc6)ccc5c4)n3)cc2)c([2H])c1[2H]. The maximum absolute atomic E-state index is 8.49. The molecule has 0 radical (unpaired) electrons. The molecule has 0 atom stereocenters. The molecule has 0 bridgehead atoms. The van der Waals surface area contributed by atoms with Crippen LogP contribution in [0.2, 0.25) is 0 Å². The summed E-state index contributed by atoms with van der Waals surface area (Å²) in [5, 5.41) is 4.60. The lowest BCUT2D eigenvalue weighted by molar-refractivity contribution is 1.07. The lowest BCUT2D eigenvalue weighted by Gasteiger charge is -2.11. The van der Waals surface area contributed by atoms with Gasteiger partial charge in [-0.05, 0) is 78.2 Å². The molecule has 0 aliphatic carbocycles. The van der Waals surface area contributed by atoms with Crippen molar-refractivity contribution in [2.24, 2.45) is 0 Å². The van der Waals surface area contributed by atoms with E-state index in [0.717, 1.165) is 49.7 Å². The molecule has 10 rings (SSSR count). The normalized spacial score (nSPS) is 12.5. The van der Waals surface area contributed by atoms with Crippen LogP contribution in [0.1, 0.15) is 6.85 Å². The van der Waals surface area contributed by atoms with Crippen LogP contribution in [0.15, 0.2) is 212 Å². The van der Waals surface area contributed by atoms with E-state index in [1.54, 1.807) is 12.1 Å². The monoisotopic (exact) mass is 718 g/mol. The van der Waals surface area contributed by atoms with E-state index in [9.17, 15) is 0 Å². The van der Waals surface area contributed by atoms with Gasteiger partial charge in [0.15, 0.2) is 17.5 Å². The summed E-state index contributed by atoms with van der Waals surface area (Å²) in [5.74, 6) is 1.46. The Balaban J connectivity index is 1.02. The standard InChI is InChI=1S/C53H35N3/c1-3-10-36(11-4-1)38-20-26-43(27-21-38)51-54-52(56-53(55-51)48-33-32-46-34-45(30-31-47(46)35-48)37-12-5-2-6-13-37)44-28-22-40(23-29-44)39-18-24-42(25-19-39)50-17-9-15-41-14-7-8-16-49(41)50/h1-35H/i1D,3D,4D,10D,11D. The van der Waals surface area contributed by atoms with Gasteiger partial charge in [0.25, 0.3) is 0 Å². The molecule has 3 nitrogen and oxygen atoms in total. The van der Waals surface area contributed by atoms with Crippen LogP contribution < -0.4 is 0 Å². The average molecular weight is 719 g/mol. The van der Waals surface area contributed by atoms with Gasteiger partial charge in [-0.2, -0.15) is 0 Å². The zero-order chi connectivity index (χ0) is 41.6. The van der Waals surface area contributed by atoms with Crippen molar-refractivity contribution < 1.29 is 6.85 Å². The minimum absolute atomic E-state index is 0.143. The van der Waals surface area contributed by atoms with E-state index < -0.39 is 6.04 Å². The van der Waals surface area contributed by atoms with Crippen molar-refractivity contribution in [2.75, 3.05) is 0 Å². The van der Waals surface area contributed by atoms with E-state index in [-0.39, 0.29) is 29.7 Å². The lowest BCUT2D eigenvalue weighted by Crippen LogP contribution is -2.00. The molecule has 0 N–H and O–H groups in total. The molecule has 0 aliphatic heterocycles. The summed E-state index contributed by atoms with van der Waals surface area (Å²) in [6, 6.07) is 60.2. The second-order valence-electron chi connectivity index (χ2n) is 13.7.